The van der Waals surface area contributed by atoms with E-state index in [0.717, 1.165) is 13.0 Å². The Morgan fingerprint density at radius 2 is 2.04 bits per heavy atom. The van der Waals surface area contributed by atoms with Gasteiger partial charge in [0.15, 0.2) is 18.1 Å². The van der Waals surface area contributed by atoms with Crippen molar-refractivity contribution in [3.8, 4) is 11.7 Å². The summed E-state index contributed by atoms with van der Waals surface area (Å²) >= 11 is 0. The molecule has 2 atom stereocenters. The molecular formula is C20H22N5O3+. The van der Waals surface area contributed by atoms with Gasteiger partial charge in [-0.05, 0) is 37.6 Å². The van der Waals surface area contributed by atoms with E-state index in [0.29, 0.717) is 40.8 Å². The number of aromatic amines is 1. The summed E-state index contributed by atoms with van der Waals surface area (Å²) in [6, 6.07) is 10.9. The van der Waals surface area contributed by atoms with Crippen LogP contribution < -0.4 is 10.5 Å². The van der Waals surface area contributed by atoms with Gasteiger partial charge in [0.05, 0.1) is 23.7 Å². The molecule has 3 heterocycles. The summed E-state index contributed by atoms with van der Waals surface area (Å²) in [5.41, 5.74) is 0.572. The molecule has 0 saturated heterocycles. The summed E-state index contributed by atoms with van der Waals surface area (Å²) in [5.74, 6) is 2.08. The fraction of sp³-hybridized carbons (Fsp3) is 0.300. The quantitative estimate of drug-likeness (QED) is 0.509. The predicted molar refractivity (Wildman–Crippen MR) is 103 cm³/mol. The molecule has 4 rings (SSSR count). The zero-order chi connectivity index (χ0) is 19.5. The Morgan fingerprint density at radius 3 is 2.82 bits per heavy atom. The van der Waals surface area contributed by atoms with Gasteiger partial charge in [-0.3, -0.25) is 4.79 Å². The molecule has 144 valence electrons. The van der Waals surface area contributed by atoms with Crippen LogP contribution in [0.15, 0.2) is 56.3 Å². The number of nitrogens with one attached hydrogen (secondary N) is 2. The second kappa shape index (κ2) is 7.77. The minimum Gasteiger partial charge on any atom is -0.459 e. The van der Waals surface area contributed by atoms with E-state index in [1.807, 2.05) is 25.1 Å². The van der Waals surface area contributed by atoms with Crippen molar-refractivity contribution in [2.75, 3.05) is 6.54 Å². The summed E-state index contributed by atoms with van der Waals surface area (Å²) in [4.78, 5) is 21.2. The molecule has 0 aliphatic heterocycles. The number of rotatable bonds is 7. The van der Waals surface area contributed by atoms with Crippen molar-refractivity contribution in [1.29, 1.82) is 0 Å². The van der Waals surface area contributed by atoms with Crippen LogP contribution in [0.5, 0.6) is 0 Å². The van der Waals surface area contributed by atoms with E-state index in [9.17, 15) is 4.79 Å². The van der Waals surface area contributed by atoms with Crippen LogP contribution in [0.4, 0.5) is 0 Å². The van der Waals surface area contributed by atoms with Gasteiger partial charge in [-0.25, -0.2) is 4.98 Å². The Morgan fingerprint density at radius 1 is 1.18 bits per heavy atom. The standard InChI is InChI=1S/C20H21N5O3/c1-3-10-25(12-17-23-24-20(28-17)16-9-6-11-27-16)13(2)18-21-15-8-5-4-7-14(15)19(26)22-18/h4-9,11,13H,3,10,12H2,1-2H3,(H,21,22,26)/p+1/t13-/m0/s1. The Kier molecular flexibility index (Phi) is 5.03. The van der Waals surface area contributed by atoms with Crippen molar-refractivity contribution in [3.05, 3.63) is 64.7 Å². The Hall–Kier alpha value is -3.26. The molecule has 2 N–H and O–H groups in total. The average Bonchev–Trinajstić information content (AvgIpc) is 3.39. The van der Waals surface area contributed by atoms with Gasteiger partial charge in [0.25, 0.3) is 17.3 Å². The molecule has 28 heavy (non-hydrogen) atoms. The minimum absolute atomic E-state index is 0.0452. The highest BCUT2D eigenvalue weighted by Crippen LogP contribution is 2.17. The molecule has 0 fully saturated rings. The summed E-state index contributed by atoms with van der Waals surface area (Å²) in [6.45, 7) is 5.56. The highest BCUT2D eigenvalue weighted by molar-refractivity contribution is 5.77. The summed E-state index contributed by atoms with van der Waals surface area (Å²) in [7, 11) is 0. The number of quaternary nitrogens is 1. The molecule has 0 radical (unpaired) electrons. The van der Waals surface area contributed by atoms with Crippen molar-refractivity contribution >= 4 is 10.9 Å². The fourth-order valence-corrected chi connectivity index (χ4v) is 3.30. The van der Waals surface area contributed by atoms with E-state index in [1.165, 1.54) is 4.90 Å². The Balaban J connectivity index is 1.60. The molecule has 1 aromatic carbocycles. The lowest BCUT2D eigenvalue weighted by molar-refractivity contribution is -0.945. The normalized spacial score (nSPS) is 13.6. The van der Waals surface area contributed by atoms with Crippen LogP contribution in [-0.2, 0) is 6.54 Å². The van der Waals surface area contributed by atoms with Crippen molar-refractivity contribution in [2.24, 2.45) is 0 Å². The Bertz CT molecular complexity index is 1120. The first-order chi connectivity index (χ1) is 13.7. The van der Waals surface area contributed by atoms with Crippen molar-refractivity contribution in [2.45, 2.75) is 32.9 Å². The van der Waals surface area contributed by atoms with Crippen molar-refractivity contribution in [1.82, 2.24) is 20.2 Å². The molecule has 8 nitrogen and oxygen atoms in total. The lowest BCUT2D eigenvalue weighted by Gasteiger charge is -2.23. The number of fused-ring (bicyclic) bond motifs is 1. The molecule has 4 aromatic rings. The predicted octanol–water partition coefficient (Wildman–Crippen LogP) is 2.12. The molecule has 0 aliphatic rings. The molecule has 3 aromatic heterocycles. The van der Waals surface area contributed by atoms with E-state index < -0.39 is 0 Å². The third-order valence-corrected chi connectivity index (χ3v) is 4.80. The average molecular weight is 380 g/mol. The van der Waals surface area contributed by atoms with Gasteiger partial charge < -0.3 is 18.7 Å². The maximum absolute atomic E-state index is 12.4. The van der Waals surface area contributed by atoms with E-state index in [2.05, 4.69) is 27.1 Å². The maximum atomic E-state index is 12.4. The molecule has 0 amide bonds. The smallest absolute Gasteiger partial charge is 0.283 e. The number of para-hydroxylation sites is 1. The van der Waals surface area contributed by atoms with Crippen molar-refractivity contribution < 1.29 is 13.7 Å². The van der Waals surface area contributed by atoms with Gasteiger partial charge in [0.1, 0.15) is 6.04 Å². The molecule has 0 saturated carbocycles. The zero-order valence-electron chi connectivity index (χ0n) is 15.8. The largest absolute Gasteiger partial charge is 0.459 e. The highest BCUT2D eigenvalue weighted by Gasteiger charge is 2.25. The summed E-state index contributed by atoms with van der Waals surface area (Å²) < 4.78 is 11.1. The first-order valence-electron chi connectivity index (χ1n) is 9.35. The molecule has 0 bridgehead atoms. The van der Waals surface area contributed by atoms with E-state index >= 15 is 0 Å². The SMILES string of the molecule is CCC[NH+](Cc1nnc(-c2ccco2)o1)[C@@H](C)c1nc2ccccc2c(=O)[nH]1. The zero-order valence-corrected chi connectivity index (χ0v) is 15.8. The summed E-state index contributed by atoms with van der Waals surface area (Å²) in [6.07, 6.45) is 2.54. The number of benzene rings is 1. The Labute approximate surface area is 161 Å². The fourth-order valence-electron chi connectivity index (χ4n) is 3.30. The third kappa shape index (κ3) is 3.59. The van der Waals surface area contributed by atoms with Gasteiger partial charge in [0, 0.05) is 0 Å². The molecule has 1 unspecified atom stereocenters. The van der Waals surface area contributed by atoms with E-state index in [4.69, 9.17) is 8.83 Å². The third-order valence-electron chi connectivity index (χ3n) is 4.80. The van der Waals surface area contributed by atoms with Crippen LogP contribution in [0, 0.1) is 0 Å². The minimum atomic E-state index is -0.124. The van der Waals surface area contributed by atoms with Gasteiger partial charge in [0.2, 0.25) is 0 Å². The monoisotopic (exact) mass is 380 g/mol. The van der Waals surface area contributed by atoms with Gasteiger partial charge in [-0.15, -0.1) is 10.2 Å². The molecule has 8 heteroatoms. The van der Waals surface area contributed by atoms with Crippen LogP contribution in [0.2, 0.25) is 0 Å². The van der Waals surface area contributed by atoms with Gasteiger partial charge in [-0.2, -0.15) is 0 Å². The number of hydrogen-bond donors (Lipinski definition) is 2. The van der Waals surface area contributed by atoms with E-state index in [1.54, 1.807) is 24.5 Å². The van der Waals surface area contributed by atoms with Crippen LogP contribution in [0.1, 0.15) is 38.0 Å². The van der Waals surface area contributed by atoms with Crippen LogP contribution in [0.25, 0.3) is 22.6 Å². The first-order valence-corrected chi connectivity index (χ1v) is 9.35. The van der Waals surface area contributed by atoms with E-state index in [-0.39, 0.29) is 11.6 Å². The molecular weight excluding hydrogens is 358 g/mol. The first kappa shape index (κ1) is 18.1. The second-order valence-electron chi connectivity index (χ2n) is 6.75. The lowest BCUT2D eigenvalue weighted by Crippen LogP contribution is -3.10. The number of aromatic nitrogens is 4. The second-order valence-corrected chi connectivity index (χ2v) is 6.75. The van der Waals surface area contributed by atoms with Gasteiger partial charge in [-0.1, -0.05) is 19.1 Å². The van der Waals surface area contributed by atoms with Crippen LogP contribution in [0.3, 0.4) is 0 Å². The number of nitrogens with zero attached hydrogens (tertiary/aromatic N) is 3. The maximum Gasteiger partial charge on any atom is 0.283 e. The van der Waals surface area contributed by atoms with Crippen LogP contribution >= 0.6 is 0 Å². The molecule has 0 aliphatic carbocycles. The summed E-state index contributed by atoms with van der Waals surface area (Å²) in [5, 5.41) is 8.80. The van der Waals surface area contributed by atoms with Crippen molar-refractivity contribution in [3.63, 3.8) is 0 Å². The van der Waals surface area contributed by atoms with Gasteiger partial charge >= 0.3 is 0 Å². The highest BCUT2D eigenvalue weighted by atomic mass is 16.4. The lowest BCUT2D eigenvalue weighted by atomic mass is 10.2. The topological polar surface area (TPSA) is 102 Å². The number of hydrogen-bond acceptors (Lipinski definition) is 6. The number of furan rings is 1. The van der Waals surface area contributed by atoms with Crippen LogP contribution in [-0.4, -0.2) is 26.7 Å². The molecule has 0 spiro atoms. The number of H-pyrrole nitrogens is 1.